The Bertz CT molecular complexity index is 1070. The van der Waals surface area contributed by atoms with E-state index in [4.69, 9.17) is 14.2 Å². The monoisotopic (exact) mass is 450 g/mol. The van der Waals surface area contributed by atoms with Crippen LogP contribution in [0.4, 0.5) is 5.69 Å². The molecule has 2 heterocycles. The molecule has 4 rings (SSSR count). The first-order valence-corrected chi connectivity index (χ1v) is 11.3. The molecule has 0 atom stereocenters. The average molecular weight is 451 g/mol. The molecule has 2 aliphatic heterocycles. The fourth-order valence-corrected chi connectivity index (χ4v) is 4.38. The van der Waals surface area contributed by atoms with Gasteiger partial charge in [-0.25, -0.2) is 4.90 Å². The third-order valence-electron chi connectivity index (χ3n) is 6.24. The van der Waals surface area contributed by atoms with Crippen LogP contribution in [0.1, 0.15) is 32.3 Å². The molecule has 0 spiro atoms. The van der Waals surface area contributed by atoms with Gasteiger partial charge >= 0.3 is 0 Å². The van der Waals surface area contributed by atoms with E-state index >= 15 is 0 Å². The molecule has 2 aromatic rings. The largest absolute Gasteiger partial charge is 0.497 e. The maximum Gasteiger partial charge on any atom is 0.282 e. The molecule has 1 saturated heterocycles. The smallest absolute Gasteiger partial charge is 0.282 e. The number of carbonyl (C=O) groups excluding carboxylic acids is 2. The van der Waals surface area contributed by atoms with Crippen molar-refractivity contribution in [2.24, 2.45) is 5.92 Å². The van der Waals surface area contributed by atoms with Crippen molar-refractivity contribution in [1.29, 1.82) is 0 Å². The number of nitrogens with zero attached hydrogens (tertiary/aromatic N) is 2. The third-order valence-corrected chi connectivity index (χ3v) is 6.24. The van der Waals surface area contributed by atoms with E-state index < -0.39 is 0 Å². The van der Waals surface area contributed by atoms with E-state index in [9.17, 15) is 9.59 Å². The first-order chi connectivity index (χ1) is 16.0. The van der Waals surface area contributed by atoms with E-state index in [2.05, 4.69) is 11.8 Å². The summed E-state index contributed by atoms with van der Waals surface area (Å²) in [5, 5.41) is 0. The van der Waals surface area contributed by atoms with Crippen molar-refractivity contribution in [3.05, 3.63) is 53.7 Å². The van der Waals surface area contributed by atoms with Crippen LogP contribution in [0.25, 0.3) is 5.57 Å². The molecule has 0 aromatic heterocycles. The molecule has 2 aliphatic rings. The van der Waals surface area contributed by atoms with Crippen LogP contribution in [-0.4, -0.2) is 50.6 Å². The molecule has 0 aliphatic carbocycles. The number of carbonyl (C=O) groups is 2. The van der Waals surface area contributed by atoms with E-state index in [1.54, 1.807) is 25.3 Å². The normalized spacial score (nSPS) is 17.1. The van der Waals surface area contributed by atoms with Crippen LogP contribution in [0.2, 0.25) is 0 Å². The molecule has 0 unspecified atom stereocenters. The molecule has 0 N–H and O–H groups in total. The van der Waals surface area contributed by atoms with Crippen molar-refractivity contribution < 1.29 is 23.8 Å². The Morgan fingerprint density at radius 2 is 1.58 bits per heavy atom. The summed E-state index contributed by atoms with van der Waals surface area (Å²) >= 11 is 0. The number of amides is 2. The van der Waals surface area contributed by atoms with Gasteiger partial charge in [0.2, 0.25) is 0 Å². The molecule has 1 fully saturated rings. The van der Waals surface area contributed by atoms with Gasteiger partial charge in [-0.15, -0.1) is 0 Å². The predicted octanol–water partition coefficient (Wildman–Crippen LogP) is 4.12. The Hall–Kier alpha value is -3.48. The maximum atomic E-state index is 13.8. The fraction of sp³-hybridized carbons (Fsp3) is 0.385. The van der Waals surface area contributed by atoms with Gasteiger partial charge in [-0.3, -0.25) is 9.59 Å². The molecule has 0 bridgehead atoms. The zero-order valence-electron chi connectivity index (χ0n) is 19.6. The minimum absolute atomic E-state index is 0.332. The van der Waals surface area contributed by atoms with E-state index in [-0.39, 0.29) is 11.8 Å². The van der Waals surface area contributed by atoms with E-state index in [0.29, 0.717) is 46.5 Å². The number of likely N-dealkylation sites (tertiary alicyclic amines) is 1. The second-order valence-corrected chi connectivity index (χ2v) is 8.33. The molecular formula is C26H30N2O5. The van der Waals surface area contributed by atoms with Crippen molar-refractivity contribution >= 4 is 23.1 Å². The van der Waals surface area contributed by atoms with Gasteiger partial charge < -0.3 is 19.1 Å². The van der Waals surface area contributed by atoms with Crippen molar-refractivity contribution in [2.75, 3.05) is 38.8 Å². The number of methoxy groups -OCH3 is 2. The molecule has 0 radical (unpaired) electrons. The number of hydrogen-bond acceptors (Lipinski definition) is 6. The van der Waals surface area contributed by atoms with Gasteiger partial charge in [-0.05, 0) is 55.5 Å². The number of ether oxygens (including phenoxy) is 3. The summed E-state index contributed by atoms with van der Waals surface area (Å²) in [4.78, 5) is 30.8. The zero-order chi connectivity index (χ0) is 23.5. The van der Waals surface area contributed by atoms with Crippen molar-refractivity contribution in [1.82, 2.24) is 4.90 Å². The summed E-state index contributed by atoms with van der Waals surface area (Å²) in [5.74, 6) is 1.61. The number of anilines is 1. The van der Waals surface area contributed by atoms with E-state index in [1.807, 2.05) is 31.2 Å². The topological polar surface area (TPSA) is 68.3 Å². The minimum Gasteiger partial charge on any atom is -0.497 e. The highest BCUT2D eigenvalue weighted by atomic mass is 16.5. The maximum absolute atomic E-state index is 13.8. The van der Waals surface area contributed by atoms with Crippen LogP contribution in [-0.2, 0) is 9.59 Å². The van der Waals surface area contributed by atoms with Gasteiger partial charge in [-0.1, -0.05) is 19.1 Å². The first kappa shape index (κ1) is 22.7. The zero-order valence-corrected chi connectivity index (χ0v) is 19.6. The van der Waals surface area contributed by atoms with Crippen LogP contribution >= 0.6 is 0 Å². The quantitative estimate of drug-likeness (QED) is 0.591. The van der Waals surface area contributed by atoms with E-state index in [0.717, 1.165) is 31.7 Å². The fourth-order valence-electron chi connectivity index (χ4n) is 4.38. The van der Waals surface area contributed by atoms with Gasteiger partial charge in [0, 0.05) is 19.2 Å². The lowest BCUT2D eigenvalue weighted by Crippen LogP contribution is -2.38. The van der Waals surface area contributed by atoms with Gasteiger partial charge in [-0.2, -0.15) is 0 Å². The van der Waals surface area contributed by atoms with Gasteiger partial charge in [0.05, 0.1) is 32.1 Å². The molecule has 7 heteroatoms. The molecule has 2 amide bonds. The third kappa shape index (κ3) is 4.27. The molecule has 174 valence electrons. The summed E-state index contributed by atoms with van der Waals surface area (Å²) < 4.78 is 16.3. The van der Waals surface area contributed by atoms with Crippen LogP contribution in [0.5, 0.6) is 17.2 Å². The van der Waals surface area contributed by atoms with Crippen LogP contribution < -0.4 is 19.1 Å². The minimum atomic E-state index is -0.360. The number of rotatable bonds is 7. The second-order valence-electron chi connectivity index (χ2n) is 8.33. The van der Waals surface area contributed by atoms with Crippen LogP contribution in [0.3, 0.4) is 0 Å². The summed E-state index contributed by atoms with van der Waals surface area (Å²) in [6.07, 6.45) is 1.96. The van der Waals surface area contributed by atoms with Crippen molar-refractivity contribution in [2.45, 2.75) is 26.7 Å². The summed E-state index contributed by atoms with van der Waals surface area (Å²) in [6, 6.07) is 12.4. The lowest BCUT2D eigenvalue weighted by Gasteiger charge is -2.32. The SMILES string of the molecule is CCOc1ccc(C2=C(N3CCC(C)CC3)C(=O)N(c3ccc(OC)cc3OC)C2=O)cc1. The summed E-state index contributed by atoms with van der Waals surface area (Å²) in [5.41, 5.74) is 1.96. The van der Waals surface area contributed by atoms with Crippen LogP contribution in [0, 0.1) is 5.92 Å². The van der Waals surface area contributed by atoms with Crippen molar-refractivity contribution in [3.63, 3.8) is 0 Å². The van der Waals surface area contributed by atoms with Gasteiger partial charge in [0.15, 0.2) is 0 Å². The number of imide groups is 1. The average Bonchev–Trinajstić information content (AvgIpc) is 3.09. The lowest BCUT2D eigenvalue weighted by molar-refractivity contribution is -0.120. The number of hydrogen-bond donors (Lipinski definition) is 0. The predicted molar refractivity (Wildman–Crippen MR) is 127 cm³/mol. The Morgan fingerprint density at radius 1 is 0.909 bits per heavy atom. The summed E-state index contributed by atoms with van der Waals surface area (Å²) in [7, 11) is 3.07. The summed E-state index contributed by atoms with van der Waals surface area (Å²) in [6.45, 7) is 6.18. The van der Waals surface area contributed by atoms with Gasteiger partial charge in [0.1, 0.15) is 22.9 Å². The molecule has 33 heavy (non-hydrogen) atoms. The number of piperidine rings is 1. The molecular weight excluding hydrogens is 420 g/mol. The standard InChI is InChI=1S/C26H30N2O5/c1-5-33-19-8-6-18(7-9-19)23-24(27-14-12-17(2)13-15-27)26(30)28(25(23)29)21-11-10-20(31-3)16-22(21)32-4/h6-11,16-17H,5,12-15H2,1-4H3. The highest BCUT2D eigenvalue weighted by Gasteiger charge is 2.44. The Labute approximate surface area is 194 Å². The highest BCUT2D eigenvalue weighted by Crippen LogP contribution is 2.41. The van der Waals surface area contributed by atoms with Crippen molar-refractivity contribution in [3.8, 4) is 17.2 Å². The first-order valence-electron chi connectivity index (χ1n) is 11.3. The molecule has 2 aromatic carbocycles. The Balaban J connectivity index is 1.79. The highest BCUT2D eigenvalue weighted by molar-refractivity contribution is 6.45. The number of benzene rings is 2. The lowest BCUT2D eigenvalue weighted by atomic mass is 9.97. The molecule has 0 saturated carbocycles. The van der Waals surface area contributed by atoms with Gasteiger partial charge in [0.25, 0.3) is 11.8 Å². The van der Waals surface area contributed by atoms with E-state index in [1.165, 1.54) is 12.0 Å². The van der Waals surface area contributed by atoms with Crippen LogP contribution in [0.15, 0.2) is 48.2 Å². The Morgan fingerprint density at radius 3 is 2.18 bits per heavy atom. The molecule has 7 nitrogen and oxygen atoms in total. The second kappa shape index (κ2) is 9.57. The Kier molecular flexibility index (Phi) is 6.58.